The van der Waals surface area contributed by atoms with E-state index in [-0.39, 0.29) is 5.76 Å². The SMILES string of the molecule is CCC(C)=C(O)[C@H](O)CO. The first-order chi connectivity index (χ1) is 4.63. The molecule has 0 rings (SSSR count). The second-order valence-corrected chi connectivity index (χ2v) is 2.22. The molecule has 0 aliphatic rings. The molecule has 0 heterocycles. The van der Waals surface area contributed by atoms with E-state index in [0.29, 0.717) is 12.0 Å². The van der Waals surface area contributed by atoms with Gasteiger partial charge in [0.05, 0.1) is 6.61 Å². The van der Waals surface area contributed by atoms with E-state index >= 15 is 0 Å². The van der Waals surface area contributed by atoms with Crippen molar-refractivity contribution in [3.05, 3.63) is 11.3 Å². The van der Waals surface area contributed by atoms with E-state index < -0.39 is 12.7 Å². The molecule has 60 valence electrons. The van der Waals surface area contributed by atoms with Gasteiger partial charge in [0, 0.05) is 0 Å². The summed E-state index contributed by atoms with van der Waals surface area (Å²) >= 11 is 0. The summed E-state index contributed by atoms with van der Waals surface area (Å²) in [4.78, 5) is 0. The second-order valence-electron chi connectivity index (χ2n) is 2.22. The Balaban J connectivity index is 4.15. The van der Waals surface area contributed by atoms with Crippen molar-refractivity contribution in [3.8, 4) is 0 Å². The third-order valence-corrected chi connectivity index (χ3v) is 1.46. The second kappa shape index (κ2) is 4.30. The molecule has 0 saturated heterocycles. The van der Waals surface area contributed by atoms with Gasteiger partial charge in [0.15, 0.2) is 0 Å². The predicted molar refractivity (Wildman–Crippen MR) is 38.7 cm³/mol. The van der Waals surface area contributed by atoms with Crippen LogP contribution in [0.2, 0.25) is 0 Å². The Morgan fingerprint density at radius 2 is 2.00 bits per heavy atom. The van der Waals surface area contributed by atoms with Crippen LogP contribution in [0.5, 0.6) is 0 Å². The smallest absolute Gasteiger partial charge is 0.134 e. The molecule has 3 nitrogen and oxygen atoms in total. The maximum Gasteiger partial charge on any atom is 0.134 e. The van der Waals surface area contributed by atoms with E-state index in [0.717, 1.165) is 0 Å². The summed E-state index contributed by atoms with van der Waals surface area (Å²) in [5, 5.41) is 26.3. The third-order valence-electron chi connectivity index (χ3n) is 1.46. The van der Waals surface area contributed by atoms with E-state index in [2.05, 4.69) is 0 Å². The van der Waals surface area contributed by atoms with Crippen LogP contribution >= 0.6 is 0 Å². The van der Waals surface area contributed by atoms with Gasteiger partial charge >= 0.3 is 0 Å². The predicted octanol–water partition coefficient (Wildman–Crippen LogP) is 0.582. The standard InChI is InChI=1S/C7H14O3/c1-3-5(2)7(10)6(9)4-8/h6,8-10H,3-4H2,1-2H3/t6-/m1/s1. The van der Waals surface area contributed by atoms with E-state index in [1.807, 2.05) is 6.92 Å². The van der Waals surface area contributed by atoms with Crippen LogP contribution < -0.4 is 0 Å². The molecule has 0 aromatic carbocycles. The summed E-state index contributed by atoms with van der Waals surface area (Å²) in [6, 6.07) is 0. The van der Waals surface area contributed by atoms with Gasteiger partial charge in [0.25, 0.3) is 0 Å². The maximum atomic E-state index is 9.06. The molecule has 0 radical (unpaired) electrons. The lowest BCUT2D eigenvalue weighted by Crippen LogP contribution is -2.16. The molecule has 0 unspecified atom stereocenters. The summed E-state index contributed by atoms with van der Waals surface area (Å²) in [5.41, 5.74) is 0.710. The zero-order valence-electron chi connectivity index (χ0n) is 6.33. The fourth-order valence-electron chi connectivity index (χ4n) is 0.552. The highest BCUT2D eigenvalue weighted by Gasteiger charge is 2.09. The Hall–Kier alpha value is -0.540. The molecule has 0 amide bonds. The average Bonchev–Trinajstić information content (AvgIpc) is 2.00. The van der Waals surface area contributed by atoms with Crippen LogP contribution in [-0.2, 0) is 0 Å². The number of aliphatic hydroxyl groups excluding tert-OH is 3. The van der Waals surface area contributed by atoms with Crippen molar-refractivity contribution in [2.24, 2.45) is 0 Å². The highest BCUT2D eigenvalue weighted by Crippen LogP contribution is 2.08. The largest absolute Gasteiger partial charge is 0.510 e. The van der Waals surface area contributed by atoms with Gasteiger partial charge in [-0.2, -0.15) is 0 Å². The number of allylic oxidation sites excluding steroid dienone is 1. The molecule has 0 aliphatic carbocycles. The Morgan fingerprint density at radius 3 is 2.30 bits per heavy atom. The van der Waals surface area contributed by atoms with Crippen LogP contribution in [-0.4, -0.2) is 28.0 Å². The fourth-order valence-corrected chi connectivity index (χ4v) is 0.552. The maximum absolute atomic E-state index is 9.06. The van der Waals surface area contributed by atoms with Crippen molar-refractivity contribution in [1.29, 1.82) is 0 Å². The van der Waals surface area contributed by atoms with Crippen molar-refractivity contribution in [2.45, 2.75) is 26.4 Å². The van der Waals surface area contributed by atoms with Gasteiger partial charge in [-0.25, -0.2) is 0 Å². The van der Waals surface area contributed by atoms with Crippen LogP contribution in [0.4, 0.5) is 0 Å². The van der Waals surface area contributed by atoms with Crippen molar-refractivity contribution in [3.63, 3.8) is 0 Å². The number of rotatable bonds is 3. The molecule has 0 aromatic heterocycles. The molecule has 0 aromatic rings. The lowest BCUT2D eigenvalue weighted by molar-refractivity contribution is 0.0852. The Bertz CT molecular complexity index is 129. The third kappa shape index (κ3) is 2.37. The highest BCUT2D eigenvalue weighted by atomic mass is 16.3. The van der Waals surface area contributed by atoms with Crippen LogP contribution in [0.3, 0.4) is 0 Å². The topological polar surface area (TPSA) is 60.7 Å². The van der Waals surface area contributed by atoms with Gasteiger partial charge in [-0.15, -0.1) is 0 Å². The van der Waals surface area contributed by atoms with E-state index in [4.69, 9.17) is 15.3 Å². The molecular weight excluding hydrogens is 132 g/mol. The molecule has 0 aliphatic heterocycles. The Labute approximate surface area is 60.6 Å². The Morgan fingerprint density at radius 1 is 1.50 bits per heavy atom. The lowest BCUT2D eigenvalue weighted by atomic mass is 10.1. The summed E-state index contributed by atoms with van der Waals surface area (Å²) in [7, 11) is 0. The quantitative estimate of drug-likeness (QED) is 0.510. The van der Waals surface area contributed by atoms with Crippen molar-refractivity contribution in [1.82, 2.24) is 0 Å². The van der Waals surface area contributed by atoms with Gasteiger partial charge < -0.3 is 15.3 Å². The van der Waals surface area contributed by atoms with E-state index in [9.17, 15) is 0 Å². The zero-order chi connectivity index (χ0) is 8.15. The van der Waals surface area contributed by atoms with E-state index in [1.54, 1.807) is 6.92 Å². The molecule has 0 bridgehead atoms. The van der Waals surface area contributed by atoms with Gasteiger partial charge in [0.2, 0.25) is 0 Å². The zero-order valence-corrected chi connectivity index (χ0v) is 6.33. The monoisotopic (exact) mass is 146 g/mol. The van der Waals surface area contributed by atoms with E-state index in [1.165, 1.54) is 0 Å². The minimum absolute atomic E-state index is 0.106. The summed E-state index contributed by atoms with van der Waals surface area (Å²) in [6.45, 7) is 3.16. The highest BCUT2D eigenvalue weighted by molar-refractivity contribution is 5.07. The normalized spacial score (nSPS) is 16.4. The van der Waals surface area contributed by atoms with Crippen LogP contribution in [0.25, 0.3) is 0 Å². The number of hydrogen-bond donors (Lipinski definition) is 3. The number of aliphatic hydroxyl groups is 3. The summed E-state index contributed by atoms with van der Waals surface area (Å²) in [5.74, 6) is -0.106. The van der Waals surface area contributed by atoms with Gasteiger partial charge in [-0.1, -0.05) is 6.92 Å². The van der Waals surface area contributed by atoms with Crippen LogP contribution in [0.15, 0.2) is 11.3 Å². The fraction of sp³-hybridized carbons (Fsp3) is 0.714. The molecule has 1 atom stereocenters. The minimum Gasteiger partial charge on any atom is -0.510 e. The Kier molecular flexibility index (Phi) is 4.07. The van der Waals surface area contributed by atoms with Gasteiger partial charge in [-0.05, 0) is 18.9 Å². The minimum atomic E-state index is -1.11. The average molecular weight is 146 g/mol. The molecule has 0 fully saturated rings. The summed E-state index contributed by atoms with van der Waals surface area (Å²) < 4.78 is 0. The molecule has 0 saturated carbocycles. The van der Waals surface area contributed by atoms with Crippen LogP contribution in [0, 0.1) is 0 Å². The number of hydrogen-bond acceptors (Lipinski definition) is 3. The van der Waals surface area contributed by atoms with Crippen molar-refractivity contribution >= 4 is 0 Å². The summed E-state index contributed by atoms with van der Waals surface area (Å²) in [6.07, 6.45) is -0.428. The molecule has 3 N–H and O–H groups in total. The van der Waals surface area contributed by atoms with Gasteiger partial charge in [0.1, 0.15) is 11.9 Å². The molecule has 0 spiro atoms. The molecule has 10 heavy (non-hydrogen) atoms. The molecule has 3 heteroatoms. The van der Waals surface area contributed by atoms with Crippen LogP contribution in [0.1, 0.15) is 20.3 Å². The molecular formula is C7H14O3. The first kappa shape index (κ1) is 9.46. The lowest BCUT2D eigenvalue weighted by Gasteiger charge is -2.08. The first-order valence-corrected chi connectivity index (χ1v) is 3.31. The first-order valence-electron chi connectivity index (χ1n) is 3.31. The van der Waals surface area contributed by atoms with Gasteiger partial charge in [-0.3, -0.25) is 0 Å². The van der Waals surface area contributed by atoms with Crippen molar-refractivity contribution < 1.29 is 15.3 Å². The van der Waals surface area contributed by atoms with Crippen molar-refractivity contribution in [2.75, 3.05) is 6.61 Å².